The number of fused-ring (bicyclic) bond motifs is 2. The maximum atomic E-state index is 10.2. The third-order valence-electron chi connectivity index (χ3n) is 5.35. The molecule has 0 saturated heterocycles. The summed E-state index contributed by atoms with van der Waals surface area (Å²) in [5, 5.41) is 29.2. The summed E-state index contributed by atoms with van der Waals surface area (Å²) < 4.78 is 1.70. The van der Waals surface area contributed by atoms with E-state index in [4.69, 9.17) is 4.98 Å². The Kier molecular flexibility index (Phi) is 3.99. The number of aromatic nitrogens is 4. The maximum absolute atomic E-state index is 10.2. The van der Waals surface area contributed by atoms with E-state index in [9.17, 15) is 10.2 Å². The average Bonchev–Trinajstić information content (AvgIpc) is 3.26. The van der Waals surface area contributed by atoms with Crippen molar-refractivity contribution in [1.82, 2.24) is 19.6 Å². The van der Waals surface area contributed by atoms with Crippen LogP contribution in [-0.4, -0.2) is 48.0 Å². The highest BCUT2D eigenvalue weighted by atomic mass is 16.3. The zero-order chi connectivity index (χ0) is 19.3. The lowest BCUT2D eigenvalue weighted by molar-refractivity contribution is 0.0256. The molecule has 0 aliphatic heterocycles. The van der Waals surface area contributed by atoms with Gasteiger partial charge in [-0.2, -0.15) is 9.61 Å². The van der Waals surface area contributed by atoms with Crippen molar-refractivity contribution < 1.29 is 10.2 Å². The van der Waals surface area contributed by atoms with E-state index >= 15 is 0 Å². The van der Waals surface area contributed by atoms with Crippen LogP contribution in [0.1, 0.15) is 6.42 Å². The fourth-order valence-corrected chi connectivity index (χ4v) is 3.79. The highest BCUT2D eigenvalue weighted by molar-refractivity contribution is 5.81. The van der Waals surface area contributed by atoms with Crippen LogP contribution in [0, 0.1) is 12.8 Å². The number of anilines is 1. The Balaban J connectivity index is 1.52. The molecule has 3 heterocycles. The molecule has 1 fully saturated rings. The van der Waals surface area contributed by atoms with Crippen LogP contribution >= 0.6 is 0 Å². The first-order valence-electron chi connectivity index (χ1n) is 9.27. The highest BCUT2D eigenvalue weighted by Crippen LogP contribution is 2.29. The Hall–Kier alpha value is -3.03. The van der Waals surface area contributed by atoms with Crippen molar-refractivity contribution in [1.29, 1.82) is 0 Å². The number of aliphatic hydroxyl groups is 2. The highest BCUT2D eigenvalue weighted by Gasteiger charge is 2.39. The van der Waals surface area contributed by atoms with Gasteiger partial charge in [-0.15, -0.1) is 0 Å². The van der Waals surface area contributed by atoms with E-state index in [-0.39, 0.29) is 12.0 Å². The van der Waals surface area contributed by atoms with Gasteiger partial charge in [0.15, 0.2) is 5.65 Å². The molecular weight excluding hydrogens is 354 g/mol. The number of aliphatic hydroxyl groups excluding tert-OH is 2. The molecule has 1 aliphatic carbocycles. The standard InChI is InChI=1S/C21H20N5O2/c1-12-10-17(21(28)20(12)27)24-18-8-9-22-19-11-16(25-26(18)19)15-7-6-13-4-2-3-5-14(13)23-15/h2-9,11-12,17,20-21,24,27-28H,1,10H2/t12-,17-,20-,21+/m1/s1. The Morgan fingerprint density at radius 3 is 2.71 bits per heavy atom. The summed E-state index contributed by atoms with van der Waals surface area (Å²) >= 11 is 0. The second kappa shape index (κ2) is 6.54. The number of benzene rings is 1. The van der Waals surface area contributed by atoms with E-state index < -0.39 is 12.2 Å². The number of para-hydroxylation sites is 1. The van der Waals surface area contributed by atoms with Crippen molar-refractivity contribution in [3.05, 3.63) is 61.7 Å². The minimum atomic E-state index is -0.872. The predicted octanol–water partition coefficient (Wildman–Crippen LogP) is 2.30. The molecular formula is C21H20N5O2. The van der Waals surface area contributed by atoms with Crippen molar-refractivity contribution in [3.63, 3.8) is 0 Å². The van der Waals surface area contributed by atoms with Crippen molar-refractivity contribution in [3.8, 4) is 11.4 Å². The van der Waals surface area contributed by atoms with Crippen molar-refractivity contribution in [2.24, 2.45) is 5.92 Å². The zero-order valence-corrected chi connectivity index (χ0v) is 15.1. The third kappa shape index (κ3) is 2.80. The summed E-state index contributed by atoms with van der Waals surface area (Å²) in [4.78, 5) is 9.08. The fraction of sp³-hybridized carbons (Fsp3) is 0.238. The minimum absolute atomic E-state index is 0.209. The molecule has 28 heavy (non-hydrogen) atoms. The molecule has 141 valence electrons. The number of nitrogens with zero attached hydrogens (tertiary/aromatic N) is 4. The van der Waals surface area contributed by atoms with Crippen molar-refractivity contribution in [2.75, 3.05) is 5.32 Å². The second-order valence-electron chi connectivity index (χ2n) is 7.25. The number of nitrogens with one attached hydrogen (secondary N) is 1. The molecule has 1 aromatic carbocycles. The molecule has 0 unspecified atom stereocenters. The van der Waals surface area contributed by atoms with Crippen molar-refractivity contribution in [2.45, 2.75) is 24.7 Å². The van der Waals surface area contributed by atoms with Crippen LogP contribution in [0.2, 0.25) is 0 Å². The van der Waals surface area contributed by atoms with Gasteiger partial charge in [0.25, 0.3) is 0 Å². The predicted molar refractivity (Wildman–Crippen MR) is 107 cm³/mol. The third-order valence-corrected chi connectivity index (χ3v) is 5.35. The number of hydrogen-bond acceptors (Lipinski definition) is 6. The molecule has 0 amide bonds. The van der Waals surface area contributed by atoms with Gasteiger partial charge in [-0.1, -0.05) is 24.3 Å². The Labute approximate surface area is 161 Å². The molecule has 1 aliphatic rings. The summed E-state index contributed by atoms with van der Waals surface area (Å²) in [6, 6.07) is 15.3. The average molecular weight is 374 g/mol. The van der Waals surface area contributed by atoms with Gasteiger partial charge in [0, 0.05) is 17.6 Å². The van der Waals surface area contributed by atoms with Crippen LogP contribution in [0.4, 0.5) is 5.82 Å². The zero-order valence-electron chi connectivity index (χ0n) is 15.1. The lowest BCUT2D eigenvalue weighted by atomic mass is 10.1. The topological polar surface area (TPSA) is 95.6 Å². The smallest absolute Gasteiger partial charge is 0.157 e. The number of pyridine rings is 1. The van der Waals surface area contributed by atoms with Gasteiger partial charge in [-0.3, -0.25) is 0 Å². The molecule has 3 N–H and O–H groups in total. The Bertz CT molecular complexity index is 1160. The van der Waals surface area contributed by atoms with Crippen LogP contribution in [0.25, 0.3) is 27.9 Å². The van der Waals surface area contributed by atoms with Crippen LogP contribution in [0.15, 0.2) is 54.7 Å². The van der Waals surface area contributed by atoms with Crippen LogP contribution < -0.4 is 5.32 Å². The first-order valence-corrected chi connectivity index (χ1v) is 9.27. The first-order chi connectivity index (χ1) is 13.6. The fourth-order valence-electron chi connectivity index (χ4n) is 3.79. The quantitative estimate of drug-likeness (QED) is 0.509. The molecule has 7 nitrogen and oxygen atoms in total. The summed E-state index contributed by atoms with van der Waals surface area (Å²) in [5.74, 6) is 0.488. The van der Waals surface area contributed by atoms with Crippen LogP contribution in [0.3, 0.4) is 0 Å². The van der Waals surface area contributed by atoms with Gasteiger partial charge in [-0.05, 0) is 37.5 Å². The lowest BCUT2D eigenvalue weighted by Gasteiger charge is -2.19. The molecule has 0 spiro atoms. The first kappa shape index (κ1) is 17.1. The van der Waals surface area contributed by atoms with Gasteiger partial charge in [0.2, 0.25) is 0 Å². The normalized spacial score (nSPS) is 24.8. The summed E-state index contributed by atoms with van der Waals surface area (Å²) in [5.41, 5.74) is 3.07. The summed E-state index contributed by atoms with van der Waals surface area (Å²) in [6.45, 7) is 3.90. The molecule has 1 radical (unpaired) electrons. The molecule has 4 atom stereocenters. The largest absolute Gasteiger partial charge is 0.390 e. The van der Waals surface area contributed by atoms with E-state index in [1.165, 1.54) is 0 Å². The van der Waals surface area contributed by atoms with Gasteiger partial charge < -0.3 is 15.5 Å². The van der Waals surface area contributed by atoms with Gasteiger partial charge in [0.1, 0.15) is 17.6 Å². The number of rotatable bonds is 3. The van der Waals surface area contributed by atoms with Gasteiger partial charge >= 0.3 is 0 Å². The summed E-state index contributed by atoms with van der Waals surface area (Å²) in [6.07, 6.45) is 0.566. The van der Waals surface area contributed by atoms with Gasteiger partial charge in [0.05, 0.1) is 23.4 Å². The monoisotopic (exact) mass is 374 g/mol. The van der Waals surface area contributed by atoms with E-state index in [0.29, 0.717) is 17.9 Å². The van der Waals surface area contributed by atoms with Gasteiger partial charge in [-0.25, -0.2) is 9.97 Å². The van der Waals surface area contributed by atoms with E-state index in [0.717, 1.165) is 22.3 Å². The minimum Gasteiger partial charge on any atom is -0.390 e. The molecule has 1 saturated carbocycles. The maximum Gasteiger partial charge on any atom is 0.157 e. The SMILES string of the molecule is [CH2][C@@H]1C[C@@H](Nc2ccnc3cc(-c4ccc5ccccc5n4)nn23)[C@H](O)[C@@H]1O. The van der Waals surface area contributed by atoms with Crippen LogP contribution in [-0.2, 0) is 0 Å². The second-order valence-corrected chi connectivity index (χ2v) is 7.25. The van der Waals surface area contributed by atoms with E-state index in [2.05, 4.69) is 22.3 Å². The molecule has 5 rings (SSSR count). The molecule has 0 bridgehead atoms. The van der Waals surface area contributed by atoms with Crippen LogP contribution in [0.5, 0.6) is 0 Å². The lowest BCUT2D eigenvalue weighted by Crippen LogP contribution is -2.35. The van der Waals surface area contributed by atoms with Crippen molar-refractivity contribution >= 4 is 22.4 Å². The molecule has 3 aromatic heterocycles. The Morgan fingerprint density at radius 2 is 1.89 bits per heavy atom. The van der Waals surface area contributed by atoms with E-state index in [1.807, 2.05) is 42.5 Å². The molecule has 4 aromatic rings. The number of hydrogen-bond donors (Lipinski definition) is 3. The summed E-state index contributed by atoms with van der Waals surface area (Å²) in [7, 11) is 0. The Morgan fingerprint density at radius 1 is 1.04 bits per heavy atom. The van der Waals surface area contributed by atoms with E-state index in [1.54, 1.807) is 16.8 Å². The molecule has 7 heteroatoms.